The molecule has 2 rings (SSSR count). The molecule has 1 saturated heterocycles. The van der Waals surface area contributed by atoms with E-state index in [1.807, 2.05) is 0 Å². The first-order valence-corrected chi connectivity index (χ1v) is 11.6. The maximum Gasteiger partial charge on any atom is 0.412 e. The SMILES string of the molecule is COC(=O)/C(=C/c1ccc(C2CC(=O)N(C(C)(C)C)S2(=O)=O)c(F)c1)NC(=O)OC(C)(C)C. The zero-order valence-corrected chi connectivity index (χ0v) is 20.5. The second-order valence-electron chi connectivity index (χ2n) is 9.52. The molecule has 1 aliphatic rings. The standard InChI is InChI=1S/C22H29FN2O7S/c1-21(2,3)25-18(26)12-17(33(25,29)30)14-9-8-13(10-15(14)23)11-16(19(27)31-7)24-20(28)32-22(4,5)6/h8-11,17H,12H2,1-7H3,(H,24,28)/b16-11-. The Bertz CT molecular complexity index is 1100. The fraction of sp³-hybridized carbons (Fsp3) is 0.500. The minimum atomic E-state index is -4.12. The molecule has 0 radical (unpaired) electrons. The summed E-state index contributed by atoms with van der Waals surface area (Å²) in [7, 11) is -3.01. The Kier molecular flexibility index (Phi) is 7.27. The number of sulfonamides is 1. The molecule has 0 aliphatic carbocycles. The minimum absolute atomic E-state index is 0.155. The number of carbonyl (C=O) groups excluding carboxylic acids is 3. The summed E-state index contributed by atoms with van der Waals surface area (Å²) in [5, 5.41) is 0.900. The molecule has 2 amide bonds. The molecular weight excluding hydrogens is 455 g/mol. The van der Waals surface area contributed by atoms with Gasteiger partial charge in [-0.2, -0.15) is 0 Å². The fourth-order valence-electron chi connectivity index (χ4n) is 3.37. The molecule has 1 heterocycles. The van der Waals surface area contributed by atoms with Crippen LogP contribution in [0.15, 0.2) is 23.9 Å². The summed E-state index contributed by atoms with van der Waals surface area (Å²) in [6, 6.07) is 3.62. The molecule has 11 heteroatoms. The summed E-state index contributed by atoms with van der Waals surface area (Å²) in [5.41, 5.74) is -2.10. The summed E-state index contributed by atoms with van der Waals surface area (Å²) < 4.78 is 51.4. The quantitative estimate of drug-likeness (QED) is 0.515. The van der Waals surface area contributed by atoms with E-state index in [-0.39, 0.29) is 23.2 Å². The van der Waals surface area contributed by atoms with E-state index < -0.39 is 50.2 Å². The van der Waals surface area contributed by atoms with Crippen molar-refractivity contribution < 1.29 is 36.7 Å². The summed E-state index contributed by atoms with van der Waals surface area (Å²) in [6.07, 6.45) is -0.119. The molecule has 1 atom stereocenters. The lowest BCUT2D eigenvalue weighted by molar-refractivity contribution is -0.136. The van der Waals surface area contributed by atoms with Gasteiger partial charge in [-0.1, -0.05) is 12.1 Å². The molecular formula is C22H29FN2O7S. The first-order valence-electron chi connectivity index (χ1n) is 10.1. The van der Waals surface area contributed by atoms with Crippen LogP contribution >= 0.6 is 0 Å². The Balaban J connectivity index is 2.39. The van der Waals surface area contributed by atoms with Gasteiger partial charge in [0, 0.05) is 5.56 Å². The second-order valence-corrected chi connectivity index (χ2v) is 11.5. The van der Waals surface area contributed by atoms with Crippen LogP contribution in [0.2, 0.25) is 0 Å². The van der Waals surface area contributed by atoms with E-state index in [0.29, 0.717) is 0 Å². The van der Waals surface area contributed by atoms with Gasteiger partial charge in [-0.25, -0.2) is 26.7 Å². The van der Waals surface area contributed by atoms with E-state index in [2.05, 4.69) is 10.1 Å². The van der Waals surface area contributed by atoms with Crippen molar-refractivity contribution in [1.29, 1.82) is 0 Å². The number of hydrogen-bond acceptors (Lipinski definition) is 7. The molecule has 1 fully saturated rings. The lowest BCUT2D eigenvalue weighted by Gasteiger charge is -2.30. The number of rotatable bonds is 4. The highest BCUT2D eigenvalue weighted by molar-refractivity contribution is 7.90. The van der Waals surface area contributed by atoms with Crippen molar-refractivity contribution in [2.45, 2.75) is 64.4 Å². The molecule has 1 aliphatic heterocycles. The number of amides is 2. The molecule has 0 saturated carbocycles. The zero-order chi connectivity index (χ0) is 25.4. The Morgan fingerprint density at radius 1 is 1.18 bits per heavy atom. The molecule has 1 aromatic carbocycles. The van der Waals surface area contributed by atoms with Crippen molar-refractivity contribution in [1.82, 2.24) is 9.62 Å². The van der Waals surface area contributed by atoms with Crippen LogP contribution in [0, 0.1) is 5.82 Å². The number of ether oxygens (including phenoxy) is 2. The molecule has 33 heavy (non-hydrogen) atoms. The Hall–Kier alpha value is -2.95. The highest BCUT2D eigenvalue weighted by atomic mass is 32.2. The van der Waals surface area contributed by atoms with Crippen LogP contribution in [0.5, 0.6) is 0 Å². The van der Waals surface area contributed by atoms with Gasteiger partial charge in [-0.3, -0.25) is 10.1 Å². The Labute approximate surface area is 193 Å². The van der Waals surface area contributed by atoms with E-state index in [9.17, 15) is 27.2 Å². The molecule has 1 N–H and O–H groups in total. The van der Waals surface area contributed by atoms with Crippen molar-refractivity contribution in [3.8, 4) is 0 Å². The fourth-order valence-corrected chi connectivity index (χ4v) is 5.61. The third kappa shape index (κ3) is 6.10. The first kappa shape index (κ1) is 26.3. The van der Waals surface area contributed by atoms with Crippen molar-refractivity contribution in [3.05, 3.63) is 40.8 Å². The topological polar surface area (TPSA) is 119 Å². The van der Waals surface area contributed by atoms with E-state index in [1.165, 1.54) is 18.2 Å². The van der Waals surface area contributed by atoms with Crippen molar-refractivity contribution in [2.24, 2.45) is 0 Å². The number of nitrogens with zero attached hydrogens (tertiary/aromatic N) is 1. The third-order valence-electron chi connectivity index (χ3n) is 4.53. The molecule has 0 spiro atoms. The summed E-state index contributed by atoms with van der Waals surface area (Å²) in [5.74, 6) is -2.37. The lowest BCUT2D eigenvalue weighted by Crippen LogP contribution is -2.45. The third-order valence-corrected chi connectivity index (χ3v) is 6.93. The highest BCUT2D eigenvalue weighted by Gasteiger charge is 2.50. The van der Waals surface area contributed by atoms with Crippen molar-refractivity contribution >= 4 is 34.1 Å². The van der Waals surface area contributed by atoms with E-state index in [0.717, 1.165) is 17.5 Å². The molecule has 1 unspecified atom stereocenters. The van der Waals surface area contributed by atoms with Gasteiger partial charge in [0.05, 0.1) is 19.1 Å². The minimum Gasteiger partial charge on any atom is -0.464 e. The summed E-state index contributed by atoms with van der Waals surface area (Å²) >= 11 is 0. The summed E-state index contributed by atoms with van der Waals surface area (Å²) in [6.45, 7) is 9.68. The number of halogens is 1. The van der Waals surface area contributed by atoms with Gasteiger partial charge in [-0.15, -0.1) is 0 Å². The van der Waals surface area contributed by atoms with Crippen LogP contribution in [0.3, 0.4) is 0 Å². The Morgan fingerprint density at radius 3 is 2.24 bits per heavy atom. The zero-order valence-electron chi connectivity index (χ0n) is 19.7. The molecule has 0 aromatic heterocycles. The maximum absolute atomic E-state index is 15.0. The number of alkyl carbamates (subject to hydrolysis) is 1. The molecule has 1 aromatic rings. The number of nitrogens with one attached hydrogen (secondary N) is 1. The summed E-state index contributed by atoms with van der Waals surface area (Å²) in [4.78, 5) is 36.4. The van der Waals surface area contributed by atoms with Gasteiger partial charge in [0.1, 0.15) is 22.4 Å². The first-order chi connectivity index (χ1) is 15.0. The smallest absolute Gasteiger partial charge is 0.412 e. The largest absolute Gasteiger partial charge is 0.464 e. The van der Waals surface area contributed by atoms with Gasteiger partial charge in [0.15, 0.2) is 0 Å². The highest BCUT2D eigenvalue weighted by Crippen LogP contribution is 2.41. The van der Waals surface area contributed by atoms with Crippen LogP contribution in [-0.4, -0.2) is 48.9 Å². The van der Waals surface area contributed by atoms with Crippen LogP contribution in [0.4, 0.5) is 9.18 Å². The molecule has 0 bridgehead atoms. The average molecular weight is 485 g/mol. The normalized spacial score (nSPS) is 18.8. The molecule has 9 nitrogen and oxygen atoms in total. The van der Waals surface area contributed by atoms with Crippen molar-refractivity contribution in [3.63, 3.8) is 0 Å². The second kappa shape index (κ2) is 9.12. The molecule has 182 valence electrons. The number of hydrogen-bond donors (Lipinski definition) is 1. The van der Waals surface area contributed by atoms with Gasteiger partial charge in [0.2, 0.25) is 15.9 Å². The van der Waals surface area contributed by atoms with E-state index in [1.54, 1.807) is 41.5 Å². The van der Waals surface area contributed by atoms with Gasteiger partial charge in [0.25, 0.3) is 0 Å². The Morgan fingerprint density at radius 2 is 1.79 bits per heavy atom. The van der Waals surface area contributed by atoms with Crippen LogP contribution in [-0.2, 0) is 29.1 Å². The number of benzene rings is 1. The average Bonchev–Trinajstić information content (AvgIpc) is 2.87. The number of methoxy groups -OCH3 is 1. The predicted molar refractivity (Wildman–Crippen MR) is 119 cm³/mol. The monoisotopic (exact) mass is 484 g/mol. The van der Waals surface area contributed by atoms with Crippen molar-refractivity contribution in [2.75, 3.05) is 7.11 Å². The lowest BCUT2D eigenvalue weighted by atomic mass is 10.0. The van der Waals surface area contributed by atoms with E-state index in [4.69, 9.17) is 4.74 Å². The van der Waals surface area contributed by atoms with E-state index >= 15 is 0 Å². The maximum atomic E-state index is 15.0. The van der Waals surface area contributed by atoms with Crippen LogP contribution in [0.25, 0.3) is 6.08 Å². The van der Waals surface area contributed by atoms with Crippen LogP contribution < -0.4 is 5.32 Å². The van der Waals surface area contributed by atoms with Gasteiger partial charge < -0.3 is 9.47 Å². The number of carbonyl (C=O) groups is 3. The van der Waals surface area contributed by atoms with Gasteiger partial charge in [-0.05, 0) is 59.2 Å². The van der Waals surface area contributed by atoms with Crippen LogP contribution in [0.1, 0.15) is 64.3 Å². The predicted octanol–water partition coefficient (Wildman–Crippen LogP) is 3.27. The van der Waals surface area contributed by atoms with Gasteiger partial charge >= 0.3 is 12.1 Å². The number of esters is 1.